The minimum Gasteiger partial charge on any atom is -0.394 e. The largest absolute Gasteiger partial charge is 0.394 e. The van der Waals surface area contributed by atoms with E-state index in [1.54, 1.807) is 0 Å². The molecule has 4 rings (SSSR count). The molecular formula is C29H55N7O14. The smallest absolute Gasteiger partial charge is 0.187 e. The van der Waals surface area contributed by atoms with Gasteiger partial charge in [-0.2, -0.15) is 0 Å². The van der Waals surface area contributed by atoms with Crippen molar-refractivity contribution in [3.05, 3.63) is 0 Å². The Hall–Kier alpha value is -1.74. The molecule has 290 valence electrons. The van der Waals surface area contributed by atoms with Crippen LogP contribution in [0.1, 0.15) is 32.1 Å². The van der Waals surface area contributed by atoms with Crippen molar-refractivity contribution in [2.75, 3.05) is 26.2 Å². The predicted octanol–water partition coefficient (Wildman–Crippen LogP) is -8.54. The molecule has 4 fully saturated rings. The summed E-state index contributed by atoms with van der Waals surface area (Å²) in [6.45, 7) is -0.242. The van der Waals surface area contributed by atoms with Gasteiger partial charge in [-0.15, -0.1) is 0 Å². The summed E-state index contributed by atoms with van der Waals surface area (Å²) in [5.74, 6) is -1.95. The first-order valence-corrected chi connectivity index (χ1v) is 16.8. The molecule has 0 aromatic rings. The zero-order chi connectivity index (χ0) is 37.1. The van der Waals surface area contributed by atoms with Gasteiger partial charge in [0, 0.05) is 32.0 Å². The molecule has 21 nitrogen and oxygen atoms in total. The number of nitrogens with one attached hydrogen (secondary N) is 1. The number of ketones is 1. The number of hydrogen-bond acceptors (Lipinski definition) is 19. The van der Waals surface area contributed by atoms with Gasteiger partial charge in [0.15, 0.2) is 24.3 Å². The number of aliphatic hydroxyl groups excluding tert-OH is 8. The van der Waals surface area contributed by atoms with Gasteiger partial charge in [-0.05, 0) is 31.7 Å². The van der Waals surface area contributed by atoms with E-state index < -0.39 is 128 Å². The van der Waals surface area contributed by atoms with E-state index in [9.17, 15) is 50.8 Å². The van der Waals surface area contributed by atoms with Crippen molar-refractivity contribution < 1.29 is 69.7 Å². The van der Waals surface area contributed by atoms with Crippen LogP contribution in [0.15, 0.2) is 4.99 Å². The molecule has 18 atom stereocenters. The van der Waals surface area contributed by atoms with Crippen molar-refractivity contribution in [3.63, 3.8) is 0 Å². The van der Waals surface area contributed by atoms with Crippen LogP contribution in [0, 0.1) is 5.92 Å². The number of aliphatic imine (C=N–C) groups is 1. The highest BCUT2D eigenvalue weighted by Gasteiger charge is 2.60. The normalized spacial score (nSPS) is 45.5. The van der Waals surface area contributed by atoms with Crippen LogP contribution in [0.4, 0.5) is 0 Å². The van der Waals surface area contributed by atoms with Crippen LogP contribution in [0.3, 0.4) is 0 Å². The maximum atomic E-state index is 13.3. The molecule has 21 heteroatoms. The van der Waals surface area contributed by atoms with E-state index in [1.165, 1.54) is 0 Å². The van der Waals surface area contributed by atoms with Gasteiger partial charge in [-0.3, -0.25) is 4.79 Å². The number of nitrogens with zero attached hydrogens (tertiary/aromatic N) is 1. The van der Waals surface area contributed by atoms with Crippen LogP contribution in [0.25, 0.3) is 0 Å². The molecular weight excluding hydrogens is 670 g/mol. The van der Waals surface area contributed by atoms with E-state index in [1.807, 2.05) is 0 Å². The molecule has 0 amide bonds. The molecule has 2 saturated carbocycles. The SMILES string of the molecule is NCCCC(O)CNC[C@H]1O[C@H](OC2[C@@H](N)C[C@@H](CC(=O)C3(O)CC3N=C(N)N)[C@H](O[C@H]3O[C@H](CO)[C@@H](O)[C@H](N)[C@H]3O)[C@H]2O)[C@H](O)[C@@H](O)[C@@H]1O. The molecule has 0 aromatic carbocycles. The van der Waals surface area contributed by atoms with Crippen molar-refractivity contribution in [3.8, 4) is 0 Å². The average molecular weight is 726 g/mol. The van der Waals surface area contributed by atoms with Crippen molar-refractivity contribution in [2.24, 2.45) is 39.6 Å². The van der Waals surface area contributed by atoms with Gasteiger partial charge in [-0.25, -0.2) is 4.99 Å². The molecule has 2 heterocycles. The second-order valence-electron chi connectivity index (χ2n) is 13.7. The van der Waals surface area contributed by atoms with Crippen LogP contribution >= 0.6 is 0 Å². The number of Topliss-reactive ketones (excluding diaryl/α,β-unsaturated/α-hetero) is 1. The standard InChI is InChI=1S/C29H55N7O14/c30-3-1-2-11(38)7-35-8-13-19(41)21(43)22(44)27(47-13)50-25-12(31)4-10(5-16(39)29(46)6-15(29)36-28(33)34)24(23(25)45)49-26-20(42)17(32)18(40)14(9-37)48-26/h10-15,17-27,35,37-38,40-46H,1-9,30-32H2,(H4,33,34,36)/t10-,11?,12-,13+,14+,15?,17-,18+,19+,20+,21-,22+,23+,24-,25?,26+,27+,29?/m0/s1. The fourth-order valence-electron chi connectivity index (χ4n) is 6.78. The molecule has 2 saturated heterocycles. The highest BCUT2D eigenvalue weighted by Crippen LogP contribution is 2.43. The van der Waals surface area contributed by atoms with E-state index in [0.717, 1.165) is 0 Å². The molecule has 4 aliphatic rings. The van der Waals surface area contributed by atoms with E-state index >= 15 is 0 Å². The molecule has 0 bridgehead atoms. The van der Waals surface area contributed by atoms with Gasteiger partial charge in [0.1, 0.15) is 60.5 Å². The number of guanidine groups is 1. The zero-order valence-electron chi connectivity index (χ0n) is 27.6. The highest BCUT2D eigenvalue weighted by molar-refractivity contribution is 5.92. The second-order valence-corrected chi connectivity index (χ2v) is 13.7. The summed E-state index contributed by atoms with van der Waals surface area (Å²) in [7, 11) is 0. The summed E-state index contributed by atoms with van der Waals surface area (Å²) >= 11 is 0. The Bertz CT molecular complexity index is 1140. The Morgan fingerprint density at radius 1 is 0.920 bits per heavy atom. The third-order valence-corrected chi connectivity index (χ3v) is 9.92. The summed E-state index contributed by atoms with van der Waals surface area (Å²) in [6, 6.07) is -3.28. The highest BCUT2D eigenvalue weighted by atomic mass is 16.7. The number of nitrogens with two attached hydrogens (primary N) is 5. The number of ether oxygens (including phenoxy) is 4. The Balaban J connectivity index is 1.52. The lowest BCUT2D eigenvalue weighted by Crippen LogP contribution is -2.67. The predicted molar refractivity (Wildman–Crippen MR) is 170 cm³/mol. The van der Waals surface area contributed by atoms with Crippen molar-refractivity contribution in [2.45, 2.75) is 136 Å². The Morgan fingerprint density at radius 2 is 1.56 bits per heavy atom. The Kier molecular flexibility index (Phi) is 14.3. The summed E-state index contributed by atoms with van der Waals surface area (Å²) in [6.07, 6.45) is -18.7. The lowest BCUT2D eigenvalue weighted by atomic mass is 9.76. The van der Waals surface area contributed by atoms with E-state index in [0.29, 0.717) is 19.4 Å². The second kappa shape index (κ2) is 17.4. The fourth-order valence-corrected chi connectivity index (χ4v) is 6.78. The van der Waals surface area contributed by atoms with Gasteiger partial charge in [-0.1, -0.05) is 0 Å². The molecule has 2 aliphatic carbocycles. The number of hydrogen-bond donors (Lipinski definition) is 15. The first kappa shape index (κ1) is 41.0. The summed E-state index contributed by atoms with van der Waals surface area (Å²) in [5, 5.41) is 98.3. The lowest BCUT2D eigenvalue weighted by Gasteiger charge is -2.49. The average Bonchev–Trinajstić information content (AvgIpc) is 3.73. The Labute approximate surface area is 288 Å². The van der Waals surface area contributed by atoms with Crippen molar-refractivity contribution in [1.82, 2.24) is 5.32 Å². The van der Waals surface area contributed by atoms with Crippen LogP contribution in [0.5, 0.6) is 0 Å². The first-order chi connectivity index (χ1) is 23.5. The molecule has 4 unspecified atom stereocenters. The van der Waals surface area contributed by atoms with Gasteiger partial charge < -0.3 is 98.9 Å². The topological polar surface area (TPSA) is 391 Å². The summed E-state index contributed by atoms with van der Waals surface area (Å²) in [4.78, 5) is 17.2. The molecule has 50 heavy (non-hydrogen) atoms. The molecule has 2 aliphatic heterocycles. The van der Waals surface area contributed by atoms with E-state index in [4.69, 9.17) is 47.6 Å². The van der Waals surface area contributed by atoms with Crippen LogP contribution in [-0.4, -0.2) is 187 Å². The number of aliphatic hydroxyl groups is 9. The van der Waals surface area contributed by atoms with Crippen molar-refractivity contribution in [1.29, 1.82) is 0 Å². The number of carbonyl (C=O) groups excluding carboxylic acids is 1. The lowest BCUT2D eigenvalue weighted by molar-refractivity contribution is -0.335. The Morgan fingerprint density at radius 3 is 2.20 bits per heavy atom. The van der Waals surface area contributed by atoms with Crippen LogP contribution in [0.2, 0.25) is 0 Å². The van der Waals surface area contributed by atoms with E-state index in [2.05, 4.69) is 10.3 Å². The molecule has 0 spiro atoms. The van der Waals surface area contributed by atoms with Gasteiger partial charge in [0.2, 0.25) is 0 Å². The maximum absolute atomic E-state index is 13.3. The quantitative estimate of drug-likeness (QED) is 0.0518. The summed E-state index contributed by atoms with van der Waals surface area (Å²) < 4.78 is 23.3. The minimum absolute atomic E-state index is 0.0501. The maximum Gasteiger partial charge on any atom is 0.187 e. The monoisotopic (exact) mass is 725 g/mol. The van der Waals surface area contributed by atoms with Crippen molar-refractivity contribution >= 4 is 11.7 Å². The van der Waals surface area contributed by atoms with E-state index in [-0.39, 0.29) is 31.9 Å². The number of carbonyl (C=O) groups is 1. The third kappa shape index (κ3) is 9.24. The number of rotatable bonds is 16. The minimum atomic E-state index is -1.88. The first-order valence-electron chi connectivity index (χ1n) is 16.8. The zero-order valence-corrected chi connectivity index (χ0v) is 27.6. The van der Waals surface area contributed by atoms with Gasteiger partial charge >= 0.3 is 0 Å². The van der Waals surface area contributed by atoms with Gasteiger partial charge in [0.25, 0.3) is 0 Å². The van der Waals surface area contributed by atoms with Crippen LogP contribution < -0.4 is 34.0 Å². The third-order valence-electron chi connectivity index (χ3n) is 9.92. The summed E-state index contributed by atoms with van der Waals surface area (Å²) in [5.41, 5.74) is 26.8. The fraction of sp³-hybridized carbons (Fsp3) is 0.931. The van der Waals surface area contributed by atoms with Crippen LogP contribution in [-0.2, 0) is 23.7 Å². The molecule has 0 radical (unpaired) electrons. The molecule has 20 N–H and O–H groups in total. The van der Waals surface area contributed by atoms with Gasteiger partial charge in [0.05, 0.1) is 30.9 Å². The molecule has 0 aromatic heterocycles.